The molecule has 0 aromatic heterocycles. The van der Waals surface area contributed by atoms with Gasteiger partial charge in [-0.2, -0.15) is 29.8 Å². The molecule has 6 aromatic rings. The zero-order valence-corrected chi connectivity index (χ0v) is 33.9. The predicted octanol–water partition coefficient (Wildman–Crippen LogP) is 13.5. The van der Waals surface area contributed by atoms with Crippen molar-refractivity contribution in [3.63, 3.8) is 0 Å². The summed E-state index contributed by atoms with van der Waals surface area (Å²) >= 11 is 13.2. The van der Waals surface area contributed by atoms with Gasteiger partial charge in [-0.05, 0) is 38.4 Å². The summed E-state index contributed by atoms with van der Waals surface area (Å²) in [5.74, 6) is 0. The van der Waals surface area contributed by atoms with Crippen LogP contribution in [0.2, 0.25) is 10.0 Å². The van der Waals surface area contributed by atoms with Crippen molar-refractivity contribution in [2.75, 3.05) is 0 Å². The van der Waals surface area contributed by atoms with Crippen LogP contribution in [0, 0.1) is 24.3 Å². The van der Waals surface area contributed by atoms with E-state index in [9.17, 15) is 0 Å². The number of hydrogen-bond donors (Lipinski definition) is 0. The molecule has 0 spiro atoms. The van der Waals surface area contributed by atoms with Crippen LogP contribution in [0.25, 0.3) is 32.7 Å². The standard InChI is InChI=1S/C21H25.2C10H6Cl.C5H5.CH2.Zr/c1-20(2,3)16-7-9-18-14(12-16)11-15-13-17(21(4,5)6)8-10-19(15)18;2*11-10-7-3-5-8-4-1-2-6-9(8)10;1-2-4-5-3-1;;/h7-10,12H,11H2,1-6H3;2*1-4,6-7H;1-3H,4H2;1H2;/q4*-1;;. The van der Waals surface area contributed by atoms with Crippen molar-refractivity contribution >= 4 is 49.0 Å². The molecule has 0 bridgehead atoms. The minimum absolute atomic E-state index is 0.167. The van der Waals surface area contributed by atoms with E-state index in [1.54, 1.807) is 0 Å². The molecule has 0 fully saturated rings. The van der Waals surface area contributed by atoms with Crippen LogP contribution in [-0.2, 0) is 41.5 Å². The fourth-order valence-electron chi connectivity index (χ4n) is 5.59. The molecule has 0 radical (unpaired) electrons. The Morgan fingerprint density at radius 2 is 1.22 bits per heavy atom. The average molecular weight is 771 g/mol. The third-order valence-corrected chi connectivity index (χ3v) is 9.01. The fraction of sp³-hybridized carbons (Fsp3) is 0.213. The number of fused-ring (bicyclic) bond motifs is 5. The first kappa shape index (κ1) is 39.4. The molecule has 0 heterocycles. The Labute approximate surface area is 325 Å². The molecule has 0 amide bonds. The van der Waals surface area contributed by atoms with Gasteiger partial charge in [0.05, 0.1) is 0 Å². The molecule has 0 aliphatic heterocycles. The molecule has 0 unspecified atom stereocenters. The Kier molecular flexibility index (Phi) is 14.4. The molecule has 0 N–H and O–H groups in total. The SMILES string of the molecule is CC(C)(C)c1[c-]c2c(cc1)-c1ccc(C(C)(C)C)cc1C2.Clc1cc[c-]c2ccccc12.Clc1cc[c-]c2ccccc12.[C-]1=CC=CC1.[CH2]=[Zr]. The second kappa shape index (κ2) is 18.2. The number of benzene rings is 6. The summed E-state index contributed by atoms with van der Waals surface area (Å²) in [5, 5.41) is 5.85. The normalized spacial score (nSPS) is 12.2. The quantitative estimate of drug-likeness (QED) is 0.135. The number of hydrogen-bond acceptors (Lipinski definition) is 0. The van der Waals surface area contributed by atoms with Gasteiger partial charge in [0.2, 0.25) is 0 Å². The molecule has 0 atom stereocenters. The predicted molar refractivity (Wildman–Crippen MR) is 215 cm³/mol. The van der Waals surface area contributed by atoms with Crippen molar-refractivity contribution in [2.24, 2.45) is 0 Å². The number of allylic oxidation sites excluding steroid dienone is 4. The van der Waals surface area contributed by atoms with Crippen LogP contribution >= 0.6 is 23.2 Å². The third-order valence-electron chi connectivity index (χ3n) is 8.36. The summed E-state index contributed by atoms with van der Waals surface area (Å²) in [7, 11) is 0. The summed E-state index contributed by atoms with van der Waals surface area (Å²) in [4.78, 5) is 0. The topological polar surface area (TPSA) is 0 Å². The van der Waals surface area contributed by atoms with Crippen molar-refractivity contribution in [1.82, 2.24) is 0 Å². The van der Waals surface area contributed by atoms with Crippen LogP contribution < -0.4 is 0 Å². The Morgan fingerprint density at radius 3 is 1.68 bits per heavy atom. The second-order valence-corrected chi connectivity index (χ2v) is 14.9. The van der Waals surface area contributed by atoms with Gasteiger partial charge in [0.1, 0.15) is 0 Å². The van der Waals surface area contributed by atoms with Gasteiger partial charge in [-0.1, -0.05) is 100 Å². The molecule has 6 aromatic carbocycles. The van der Waals surface area contributed by atoms with Crippen molar-refractivity contribution in [1.29, 1.82) is 0 Å². The van der Waals surface area contributed by atoms with E-state index in [4.69, 9.17) is 23.2 Å². The Balaban J connectivity index is 0.000000163. The van der Waals surface area contributed by atoms with E-state index in [1.807, 2.05) is 84.9 Å². The number of rotatable bonds is 0. The van der Waals surface area contributed by atoms with Gasteiger partial charge in [0, 0.05) is 0 Å². The fourth-order valence-corrected chi connectivity index (χ4v) is 6.05. The van der Waals surface area contributed by atoms with Crippen molar-refractivity contribution < 1.29 is 24.2 Å². The van der Waals surface area contributed by atoms with Crippen LogP contribution in [0.1, 0.15) is 70.2 Å². The first-order chi connectivity index (χ1) is 23.9. The molecule has 0 saturated carbocycles. The average Bonchev–Trinajstić information content (AvgIpc) is 3.81. The molecule has 3 heteroatoms. The second-order valence-electron chi connectivity index (χ2n) is 14.1. The first-order valence-corrected chi connectivity index (χ1v) is 19.3. The van der Waals surface area contributed by atoms with Gasteiger partial charge in [-0.15, -0.1) is 112 Å². The zero-order chi connectivity index (χ0) is 36.3. The van der Waals surface area contributed by atoms with Crippen molar-refractivity contribution in [2.45, 2.75) is 65.2 Å². The van der Waals surface area contributed by atoms with E-state index in [0.29, 0.717) is 0 Å². The van der Waals surface area contributed by atoms with Crippen LogP contribution in [0.5, 0.6) is 0 Å². The molecule has 2 aliphatic rings. The first-order valence-electron chi connectivity index (χ1n) is 16.8. The molecular formula is C47H44Cl2Zr-4. The monoisotopic (exact) mass is 768 g/mol. The molecule has 0 nitrogen and oxygen atoms in total. The van der Waals surface area contributed by atoms with Crippen LogP contribution in [0.3, 0.4) is 0 Å². The third kappa shape index (κ3) is 10.6. The molecule has 8 rings (SSSR count). The van der Waals surface area contributed by atoms with Gasteiger partial charge in [0.25, 0.3) is 0 Å². The van der Waals surface area contributed by atoms with Crippen molar-refractivity contribution in [3.8, 4) is 11.1 Å². The summed E-state index contributed by atoms with van der Waals surface area (Å²) in [6.07, 6.45) is 11.0. The zero-order valence-electron chi connectivity index (χ0n) is 29.9. The summed E-state index contributed by atoms with van der Waals surface area (Å²) in [5.41, 5.74) is 8.70. The maximum atomic E-state index is 5.94. The minimum atomic E-state index is 0.167. The maximum absolute atomic E-state index is 5.94. The van der Waals surface area contributed by atoms with E-state index in [0.717, 1.165) is 44.4 Å². The summed E-state index contributed by atoms with van der Waals surface area (Å²) in [6.45, 7) is 13.6. The summed E-state index contributed by atoms with van der Waals surface area (Å²) < 4.78 is 3.34. The van der Waals surface area contributed by atoms with Gasteiger partial charge in [-0.25, -0.2) is 12.2 Å². The number of halogens is 2. The van der Waals surface area contributed by atoms with E-state index >= 15 is 0 Å². The van der Waals surface area contributed by atoms with E-state index < -0.39 is 0 Å². The van der Waals surface area contributed by atoms with Gasteiger partial charge in [0.15, 0.2) is 0 Å². The Morgan fingerprint density at radius 1 is 0.660 bits per heavy atom. The molecule has 254 valence electrons. The van der Waals surface area contributed by atoms with E-state index in [1.165, 1.54) is 57.6 Å². The van der Waals surface area contributed by atoms with Gasteiger partial charge in [-0.3, -0.25) is 6.08 Å². The van der Waals surface area contributed by atoms with E-state index in [-0.39, 0.29) is 10.8 Å². The molecule has 2 aliphatic carbocycles. The van der Waals surface area contributed by atoms with E-state index in [2.05, 4.69) is 106 Å². The summed E-state index contributed by atoms with van der Waals surface area (Å²) in [6, 6.07) is 44.7. The van der Waals surface area contributed by atoms with Crippen molar-refractivity contribution in [3.05, 3.63) is 178 Å². The van der Waals surface area contributed by atoms with Crippen LogP contribution in [-0.4, -0.2) is 4.21 Å². The molecule has 50 heavy (non-hydrogen) atoms. The van der Waals surface area contributed by atoms with Gasteiger partial charge < -0.3 is 0 Å². The van der Waals surface area contributed by atoms with Crippen LogP contribution in [0.15, 0.2) is 121 Å². The Hall–Kier alpha value is -3.35. The van der Waals surface area contributed by atoms with Gasteiger partial charge >= 0.3 is 28.4 Å². The van der Waals surface area contributed by atoms with Crippen LogP contribution in [0.4, 0.5) is 0 Å². The Bertz CT molecular complexity index is 1930. The molecular weight excluding hydrogens is 727 g/mol. The molecule has 0 saturated heterocycles.